The lowest BCUT2D eigenvalue weighted by molar-refractivity contribution is 0.311. The highest BCUT2D eigenvalue weighted by Crippen LogP contribution is 2.35. The monoisotopic (exact) mass is 249 g/mol. The third kappa shape index (κ3) is 3.00. The van der Waals surface area contributed by atoms with Crippen LogP contribution in [0.2, 0.25) is 0 Å². The van der Waals surface area contributed by atoms with E-state index in [9.17, 15) is 0 Å². The van der Waals surface area contributed by atoms with Crippen LogP contribution in [0.5, 0.6) is 5.88 Å². The van der Waals surface area contributed by atoms with E-state index in [0.717, 1.165) is 5.56 Å². The van der Waals surface area contributed by atoms with Gasteiger partial charge in [0, 0.05) is 11.8 Å². The van der Waals surface area contributed by atoms with Gasteiger partial charge in [0.2, 0.25) is 5.88 Å². The highest BCUT2D eigenvalue weighted by molar-refractivity contribution is 5.29. The third-order valence-electron chi connectivity index (χ3n) is 3.88. The van der Waals surface area contributed by atoms with Crippen molar-refractivity contribution in [3.05, 3.63) is 23.9 Å². The van der Waals surface area contributed by atoms with Gasteiger partial charge in [0.1, 0.15) is 0 Å². The smallest absolute Gasteiger partial charge is 0.217 e. The topological polar surface area (TPSA) is 60.2 Å². The van der Waals surface area contributed by atoms with E-state index in [0.29, 0.717) is 11.8 Å². The zero-order valence-electron chi connectivity index (χ0n) is 11.1. The summed E-state index contributed by atoms with van der Waals surface area (Å²) in [5.74, 6) is 7.04. The molecular formula is C14H23N3O. The van der Waals surface area contributed by atoms with E-state index in [1.807, 2.05) is 6.07 Å². The Bertz CT molecular complexity index is 362. The van der Waals surface area contributed by atoms with Crippen molar-refractivity contribution in [2.45, 2.75) is 44.6 Å². The van der Waals surface area contributed by atoms with Crippen molar-refractivity contribution in [2.24, 2.45) is 11.8 Å². The van der Waals surface area contributed by atoms with Crippen LogP contribution in [0.3, 0.4) is 0 Å². The molecule has 1 fully saturated rings. The number of hydrogen-bond acceptors (Lipinski definition) is 4. The molecule has 1 unspecified atom stereocenters. The molecule has 1 aliphatic rings. The molecule has 0 amide bonds. The van der Waals surface area contributed by atoms with Gasteiger partial charge in [0.15, 0.2) is 0 Å². The van der Waals surface area contributed by atoms with Crippen LogP contribution in [0.1, 0.15) is 50.1 Å². The lowest BCUT2D eigenvalue weighted by Gasteiger charge is -2.26. The summed E-state index contributed by atoms with van der Waals surface area (Å²) in [5.41, 5.74) is 4.05. The summed E-state index contributed by atoms with van der Waals surface area (Å²) in [5, 5.41) is 0. The van der Waals surface area contributed by atoms with Crippen LogP contribution < -0.4 is 16.0 Å². The minimum Gasteiger partial charge on any atom is -0.481 e. The van der Waals surface area contributed by atoms with E-state index < -0.39 is 0 Å². The first-order chi connectivity index (χ1) is 8.86. The Morgan fingerprint density at radius 3 is 2.67 bits per heavy atom. The van der Waals surface area contributed by atoms with Crippen LogP contribution in [0.4, 0.5) is 0 Å². The predicted molar refractivity (Wildman–Crippen MR) is 72.0 cm³/mol. The average molecular weight is 249 g/mol. The molecule has 3 N–H and O–H groups in total. The summed E-state index contributed by atoms with van der Waals surface area (Å²) < 4.78 is 5.34. The van der Waals surface area contributed by atoms with Crippen molar-refractivity contribution in [1.29, 1.82) is 0 Å². The van der Waals surface area contributed by atoms with Gasteiger partial charge in [-0.25, -0.2) is 4.98 Å². The van der Waals surface area contributed by atoms with Crippen molar-refractivity contribution >= 4 is 0 Å². The van der Waals surface area contributed by atoms with Crippen molar-refractivity contribution in [3.8, 4) is 5.88 Å². The number of nitrogens with one attached hydrogen (secondary N) is 1. The van der Waals surface area contributed by atoms with Crippen molar-refractivity contribution in [2.75, 3.05) is 7.11 Å². The van der Waals surface area contributed by atoms with Crippen molar-refractivity contribution in [3.63, 3.8) is 0 Å². The van der Waals surface area contributed by atoms with Crippen LogP contribution >= 0.6 is 0 Å². The third-order valence-corrected chi connectivity index (χ3v) is 3.88. The fraction of sp³-hybridized carbons (Fsp3) is 0.643. The van der Waals surface area contributed by atoms with E-state index in [-0.39, 0.29) is 6.04 Å². The predicted octanol–water partition coefficient (Wildman–Crippen LogP) is 2.57. The summed E-state index contributed by atoms with van der Waals surface area (Å²) in [6.45, 7) is 0. The molecule has 1 aromatic heterocycles. The molecule has 18 heavy (non-hydrogen) atoms. The van der Waals surface area contributed by atoms with Crippen LogP contribution in [-0.4, -0.2) is 12.1 Å². The fourth-order valence-corrected chi connectivity index (χ4v) is 2.93. The zero-order valence-corrected chi connectivity index (χ0v) is 11.1. The number of nitrogens with zero attached hydrogens (tertiary/aromatic N) is 1. The first kappa shape index (κ1) is 13.3. The van der Waals surface area contributed by atoms with Gasteiger partial charge in [-0.05, 0) is 24.8 Å². The maximum absolute atomic E-state index is 5.78. The Balaban J connectivity index is 2.20. The molecule has 1 aromatic rings. The molecule has 100 valence electrons. The highest BCUT2D eigenvalue weighted by atomic mass is 16.5. The van der Waals surface area contributed by atoms with Gasteiger partial charge in [-0.15, -0.1) is 0 Å². The Morgan fingerprint density at radius 1 is 1.33 bits per heavy atom. The Kier molecular flexibility index (Phi) is 4.96. The Morgan fingerprint density at radius 2 is 2.06 bits per heavy atom. The Hall–Kier alpha value is -1.13. The molecule has 0 bridgehead atoms. The molecule has 4 heteroatoms. The minimum absolute atomic E-state index is 0.145. The van der Waals surface area contributed by atoms with Crippen LogP contribution in [0.15, 0.2) is 18.3 Å². The van der Waals surface area contributed by atoms with Crippen LogP contribution in [0, 0.1) is 5.92 Å². The molecule has 2 rings (SSSR count). The van der Waals surface area contributed by atoms with Gasteiger partial charge < -0.3 is 4.74 Å². The van der Waals surface area contributed by atoms with E-state index in [2.05, 4.69) is 16.5 Å². The molecule has 0 radical (unpaired) electrons. The van der Waals surface area contributed by atoms with Crippen molar-refractivity contribution < 1.29 is 4.74 Å². The fourth-order valence-electron chi connectivity index (χ4n) is 2.93. The molecule has 0 aliphatic heterocycles. The number of rotatable bonds is 4. The number of hydrazine groups is 1. The van der Waals surface area contributed by atoms with Gasteiger partial charge in [0.05, 0.1) is 13.2 Å². The lowest BCUT2D eigenvalue weighted by atomic mass is 9.88. The molecule has 0 saturated heterocycles. The normalized spacial score (nSPS) is 19.2. The molecule has 1 saturated carbocycles. The summed E-state index contributed by atoms with van der Waals surface area (Å²) >= 11 is 0. The molecule has 1 heterocycles. The van der Waals surface area contributed by atoms with Crippen LogP contribution in [-0.2, 0) is 0 Å². The van der Waals surface area contributed by atoms with Gasteiger partial charge >= 0.3 is 0 Å². The van der Waals surface area contributed by atoms with Gasteiger partial charge in [0.25, 0.3) is 0 Å². The number of pyridine rings is 1. The number of nitrogens with two attached hydrogens (primary N) is 1. The largest absolute Gasteiger partial charge is 0.481 e. The number of hydrogen-bond donors (Lipinski definition) is 2. The number of ether oxygens (including phenoxy) is 1. The van der Waals surface area contributed by atoms with E-state index in [1.54, 1.807) is 13.3 Å². The van der Waals surface area contributed by atoms with Gasteiger partial charge in [-0.1, -0.05) is 31.7 Å². The SMILES string of the molecule is COc1ncccc1C(NN)C1CCCCCC1. The zero-order chi connectivity index (χ0) is 12.8. The minimum atomic E-state index is 0.145. The number of aromatic nitrogens is 1. The second kappa shape index (κ2) is 6.71. The maximum Gasteiger partial charge on any atom is 0.217 e. The molecule has 1 atom stereocenters. The molecular weight excluding hydrogens is 226 g/mol. The Labute approximate surface area is 109 Å². The highest BCUT2D eigenvalue weighted by Gasteiger charge is 2.25. The summed E-state index contributed by atoms with van der Waals surface area (Å²) in [6.07, 6.45) is 9.50. The molecule has 0 aromatic carbocycles. The quantitative estimate of drug-likeness (QED) is 0.489. The molecule has 0 spiro atoms. The summed E-state index contributed by atoms with van der Waals surface area (Å²) in [4.78, 5) is 4.27. The lowest BCUT2D eigenvalue weighted by Crippen LogP contribution is -2.34. The van der Waals surface area contributed by atoms with Gasteiger partial charge in [-0.2, -0.15) is 0 Å². The molecule has 4 nitrogen and oxygen atoms in total. The standard InChI is InChI=1S/C14H23N3O/c1-18-14-12(9-6-10-16-14)13(17-15)11-7-4-2-3-5-8-11/h6,9-11,13,17H,2-5,7-8,15H2,1H3. The maximum atomic E-state index is 5.78. The van der Waals surface area contributed by atoms with E-state index in [4.69, 9.17) is 10.6 Å². The van der Waals surface area contributed by atoms with Gasteiger partial charge in [-0.3, -0.25) is 11.3 Å². The first-order valence-electron chi connectivity index (χ1n) is 6.82. The second-order valence-electron chi connectivity index (χ2n) is 5.00. The van der Waals surface area contributed by atoms with E-state index in [1.165, 1.54) is 38.5 Å². The van der Waals surface area contributed by atoms with E-state index >= 15 is 0 Å². The summed E-state index contributed by atoms with van der Waals surface area (Å²) in [7, 11) is 1.66. The molecule has 1 aliphatic carbocycles. The summed E-state index contributed by atoms with van der Waals surface area (Å²) in [6, 6.07) is 4.15. The van der Waals surface area contributed by atoms with Crippen molar-refractivity contribution in [1.82, 2.24) is 10.4 Å². The van der Waals surface area contributed by atoms with Crippen LogP contribution in [0.25, 0.3) is 0 Å². The average Bonchev–Trinajstić information content (AvgIpc) is 2.69. The first-order valence-corrected chi connectivity index (χ1v) is 6.82. The number of methoxy groups -OCH3 is 1. The second-order valence-corrected chi connectivity index (χ2v) is 5.00.